The summed E-state index contributed by atoms with van der Waals surface area (Å²) in [6.07, 6.45) is 13.6. The summed E-state index contributed by atoms with van der Waals surface area (Å²) in [7, 11) is 0. The fourth-order valence-corrected chi connectivity index (χ4v) is 9.95. The minimum Gasteiger partial charge on any atom is -0.310 e. The van der Waals surface area contributed by atoms with Gasteiger partial charge < -0.3 is 4.90 Å². The first kappa shape index (κ1) is 28.7. The zero-order valence-electron chi connectivity index (χ0n) is 26.9. The number of aromatic nitrogens is 1. The fourth-order valence-electron chi connectivity index (χ4n) is 7.71. The van der Waals surface area contributed by atoms with Gasteiger partial charge in [0.15, 0.2) is 0 Å². The molecule has 0 radical (unpaired) electrons. The van der Waals surface area contributed by atoms with Gasteiger partial charge in [-0.25, -0.2) is 4.98 Å². The topological polar surface area (TPSA) is 16.1 Å². The molecule has 2 heterocycles. The van der Waals surface area contributed by atoms with Gasteiger partial charge in [0.2, 0.25) is 0 Å². The van der Waals surface area contributed by atoms with E-state index in [-0.39, 0.29) is 0 Å². The van der Waals surface area contributed by atoms with Crippen molar-refractivity contribution in [3.8, 4) is 0 Å². The molecule has 2 nitrogen and oxygen atoms in total. The van der Waals surface area contributed by atoms with Gasteiger partial charge in [0.1, 0.15) is 5.01 Å². The van der Waals surface area contributed by atoms with Crippen molar-refractivity contribution in [2.75, 3.05) is 4.90 Å². The summed E-state index contributed by atoms with van der Waals surface area (Å²) in [5.74, 6) is 0. The lowest BCUT2D eigenvalue weighted by molar-refractivity contribution is 1.01. The summed E-state index contributed by atoms with van der Waals surface area (Å²) < 4.78 is 2.62. The Balaban J connectivity index is 1.09. The Labute approximate surface area is 293 Å². The van der Waals surface area contributed by atoms with Crippen LogP contribution >= 0.6 is 22.7 Å². The first-order valence-electron chi connectivity index (χ1n) is 17.1. The van der Waals surface area contributed by atoms with Crippen LogP contribution in [-0.2, 0) is 6.42 Å². The van der Waals surface area contributed by atoms with E-state index in [4.69, 9.17) is 4.98 Å². The van der Waals surface area contributed by atoms with Crippen molar-refractivity contribution in [3.63, 3.8) is 0 Å². The predicted octanol–water partition coefficient (Wildman–Crippen LogP) is 13.4. The average molecular weight is 665 g/mol. The highest BCUT2D eigenvalue weighted by Crippen LogP contribution is 2.45. The summed E-state index contributed by atoms with van der Waals surface area (Å²) in [6.45, 7) is 0. The maximum Gasteiger partial charge on any atom is 0.124 e. The molecule has 2 aliphatic rings. The van der Waals surface area contributed by atoms with Gasteiger partial charge in [-0.3, -0.25) is 0 Å². The monoisotopic (exact) mass is 664 g/mol. The van der Waals surface area contributed by atoms with E-state index in [2.05, 4.69) is 151 Å². The molecule has 0 unspecified atom stereocenters. The second-order valence-electron chi connectivity index (χ2n) is 12.9. The maximum absolute atomic E-state index is 5.18. The molecule has 0 saturated carbocycles. The molecule has 4 heteroatoms. The van der Waals surface area contributed by atoms with Crippen LogP contribution in [0.25, 0.3) is 53.0 Å². The van der Waals surface area contributed by atoms with Gasteiger partial charge in [-0.05, 0) is 90.1 Å². The smallest absolute Gasteiger partial charge is 0.124 e. The van der Waals surface area contributed by atoms with E-state index in [1.54, 1.807) is 11.3 Å². The normalized spacial score (nSPS) is 14.4. The van der Waals surface area contributed by atoms with Gasteiger partial charge in [0.25, 0.3) is 0 Å². The summed E-state index contributed by atoms with van der Waals surface area (Å²) in [6, 6.07) is 44.7. The van der Waals surface area contributed by atoms with Crippen LogP contribution in [0.1, 0.15) is 40.3 Å². The Kier molecular flexibility index (Phi) is 6.85. The zero-order chi connectivity index (χ0) is 32.3. The van der Waals surface area contributed by atoms with Crippen molar-refractivity contribution in [2.45, 2.75) is 25.7 Å². The van der Waals surface area contributed by atoms with E-state index < -0.39 is 0 Å². The Morgan fingerprint density at radius 2 is 1.33 bits per heavy atom. The lowest BCUT2D eigenvalue weighted by Gasteiger charge is -2.27. The third-order valence-corrected chi connectivity index (χ3v) is 12.3. The molecular weight excluding hydrogens is 633 g/mol. The average Bonchev–Trinajstić information content (AvgIpc) is 3.78. The number of anilines is 3. The molecule has 6 aromatic carbocycles. The number of hydrogen-bond donors (Lipinski definition) is 0. The quantitative estimate of drug-likeness (QED) is 0.170. The number of rotatable bonds is 5. The minimum absolute atomic E-state index is 1.08. The summed E-state index contributed by atoms with van der Waals surface area (Å²) in [4.78, 5) is 9.09. The Bertz CT molecular complexity index is 2650. The molecule has 234 valence electrons. The first-order valence-corrected chi connectivity index (χ1v) is 18.7. The number of thiophene rings is 1. The van der Waals surface area contributed by atoms with E-state index in [0.29, 0.717) is 0 Å². The molecule has 49 heavy (non-hydrogen) atoms. The molecule has 0 fully saturated rings. The second kappa shape index (κ2) is 11.7. The first-order chi connectivity index (χ1) is 24.3. The molecule has 2 aromatic heterocycles. The largest absolute Gasteiger partial charge is 0.310 e. The fraction of sp³-hybridized carbons (Fsp3) is 0.0889. The molecule has 0 saturated heterocycles. The lowest BCUT2D eigenvalue weighted by atomic mass is 9.89. The standard InChI is InChI=1S/C45H32N2S2/c1-3-11-30(12-4-1)45-46-44-37-26-25-36-34(35(37)27-28-42(44)49-45)17-9-18-39(36)47(31-13-5-2-6-14-31)32-23-21-29(22-24-32)33-16-10-20-41-43(33)38-15-7-8-19-40(38)48-41/h2-3,5-9,11-19,21-28H,1,4,10,20H2. The highest BCUT2D eigenvalue weighted by molar-refractivity contribution is 7.20. The molecule has 0 amide bonds. The Morgan fingerprint density at radius 3 is 2.20 bits per heavy atom. The molecule has 0 aliphatic heterocycles. The molecule has 0 atom stereocenters. The second-order valence-corrected chi connectivity index (χ2v) is 15.0. The van der Waals surface area contributed by atoms with Crippen LogP contribution in [-0.4, -0.2) is 4.98 Å². The highest BCUT2D eigenvalue weighted by Gasteiger charge is 2.22. The van der Waals surface area contributed by atoms with Crippen molar-refractivity contribution < 1.29 is 0 Å². The third kappa shape index (κ3) is 4.78. The predicted molar refractivity (Wildman–Crippen MR) is 213 cm³/mol. The SMILES string of the molecule is C1=CC(c2nc3c(ccc4c5cccc(N(c6ccccc6)c6ccc(C7=CCCc8sc9ccccc9c87)cc6)c5ccc43)s2)=CCC1. The number of allylic oxidation sites excluding steroid dienone is 5. The van der Waals surface area contributed by atoms with Crippen LogP contribution < -0.4 is 4.90 Å². The molecule has 0 spiro atoms. The van der Waals surface area contributed by atoms with Crippen molar-refractivity contribution in [1.29, 1.82) is 0 Å². The maximum atomic E-state index is 5.18. The minimum atomic E-state index is 1.08. The lowest BCUT2D eigenvalue weighted by Crippen LogP contribution is -2.10. The van der Waals surface area contributed by atoms with Gasteiger partial charge in [-0.2, -0.15) is 0 Å². The molecule has 8 aromatic rings. The van der Waals surface area contributed by atoms with E-state index in [0.717, 1.165) is 53.3 Å². The molecular formula is C45H32N2S2. The summed E-state index contributed by atoms with van der Waals surface area (Å²) >= 11 is 3.75. The molecule has 0 bridgehead atoms. The van der Waals surface area contributed by atoms with Gasteiger partial charge in [-0.15, -0.1) is 22.7 Å². The van der Waals surface area contributed by atoms with Crippen molar-refractivity contribution in [3.05, 3.63) is 167 Å². The van der Waals surface area contributed by atoms with E-state index in [1.807, 2.05) is 11.3 Å². The van der Waals surface area contributed by atoms with Gasteiger partial charge in [0.05, 0.1) is 15.9 Å². The number of benzene rings is 6. The van der Waals surface area contributed by atoms with Crippen LogP contribution in [0.15, 0.2) is 146 Å². The number of fused-ring (bicyclic) bond motifs is 8. The Hall–Kier alpha value is -5.29. The van der Waals surface area contributed by atoms with Gasteiger partial charge in [0, 0.05) is 48.2 Å². The zero-order valence-corrected chi connectivity index (χ0v) is 28.5. The third-order valence-electron chi connectivity index (χ3n) is 9.98. The molecule has 10 rings (SSSR count). The molecule has 2 aliphatic carbocycles. The van der Waals surface area contributed by atoms with Crippen LogP contribution in [0.3, 0.4) is 0 Å². The highest BCUT2D eigenvalue weighted by atomic mass is 32.1. The van der Waals surface area contributed by atoms with Crippen molar-refractivity contribution in [2.24, 2.45) is 0 Å². The number of nitrogens with zero attached hydrogens (tertiary/aromatic N) is 2. The number of thiazole rings is 1. The van der Waals surface area contributed by atoms with Crippen LogP contribution in [0.4, 0.5) is 17.1 Å². The van der Waals surface area contributed by atoms with E-state index in [1.165, 1.54) is 63.5 Å². The number of aryl methyl sites for hydroxylation is 1. The van der Waals surface area contributed by atoms with Crippen LogP contribution in [0.2, 0.25) is 0 Å². The molecule has 0 N–H and O–H groups in total. The van der Waals surface area contributed by atoms with E-state index >= 15 is 0 Å². The van der Waals surface area contributed by atoms with Crippen molar-refractivity contribution >= 4 is 92.7 Å². The van der Waals surface area contributed by atoms with Gasteiger partial charge in [-0.1, -0.05) is 103 Å². The number of hydrogen-bond acceptors (Lipinski definition) is 4. The van der Waals surface area contributed by atoms with E-state index in [9.17, 15) is 0 Å². The van der Waals surface area contributed by atoms with Crippen LogP contribution in [0.5, 0.6) is 0 Å². The van der Waals surface area contributed by atoms with Crippen molar-refractivity contribution in [1.82, 2.24) is 4.98 Å². The summed E-state index contributed by atoms with van der Waals surface area (Å²) in [5.41, 5.74) is 9.85. The summed E-state index contributed by atoms with van der Waals surface area (Å²) in [5, 5.41) is 7.40. The van der Waals surface area contributed by atoms with Crippen LogP contribution in [0, 0.1) is 0 Å². The number of para-hydroxylation sites is 1. The van der Waals surface area contributed by atoms with Gasteiger partial charge >= 0.3 is 0 Å². The Morgan fingerprint density at radius 1 is 0.551 bits per heavy atom.